The molecule has 6 nitrogen and oxygen atoms in total. The van der Waals surface area contributed by atoms with E-state index in [0.717, 1.165) is 37.0 Å². The SMILES string of the molecule is CCCCCCNC(=O)COC(=O)c1csc(-c2ccc(OC)cc2)n1. The van der Waals surface area contributed by atoms with Gasteiger partial charge in [0.25, 0.3) is 5.91 Å². The van der Waals surface area contributed by atoms with E-state index in [-0.39, 0.29) is 18.2 Å². The van der Waals surface area contributed by atoms with Gasteiger partial charge in [-0.25, -0.2) is 9.78 Å². The average Bonchev–Trinajstić information content (AvgIpc) is 3.16. The molecule has 26 heavy (non-hydrogen) atoms. The number of benzene rings is 1. The Morgan fingerprint density at radius 3 is 2.62 bits per heavy atom. The maximum absolute atomic E-state index is 12.0. The largest absolute Gasteiger partial charge is 0.497 e. The second kappa shape index (κ2) is 10.6. The molecule has 0 saturated carbocycles. The van der Waals surface area contributed by atoms with E-state index in [0.29, 0.717) is 11.6 Å². The summed E-state index contributed by atoms with van der Waals surface area (Å²) >= 11 is 1.35. The molecule has 0 aliphatic heterocycles. The average molecular weight is 376 g/mol. The number of hydrogen-bond acceptors (Lipinski definition) is 6. The summed E-state index contributed by atoms with van der Waals surface area (Å²) in [5, 5.41) is 5.08. The Labute approximate surface area is 157 Å². The Morgan fingerprint density at radius 1 is 1.15 bits per heavy atom. The number of aromatic nitrogens is 1. The Morgan fingerprint density at radius 2 is 1.92 bits per heavy atom. The molecule has 0 radical (unpaired) electrons. The van der Waals surface area contributed by atoms with Crippen LogP contribution in [0.4, 0.5) is 0 Å². The van der Waals surface area contributed by atoms with Gasteiger partial charge in [-0.05, 0) is 30.7 Å². The number of thiazole rings is 1. The summed E-state index contributed by atoms with van der Waals surface area (Å²) < 4.78 is 10.1. The summed E-state index contributed by atoms with van der Waals surface area (Å²) in [7, 11) is 1.61. The molecule has 1 aromatic carbocycles. The number of methoxy groups -OCH3 is 1. The number of nitrogens with one attached hydrogen (secondary N) is 1. The lowest BCUT2D eigenvalue weighted by atomic mass is 10.2. The fourth-order valence-corrected chi connectivity index (χ4v) is 3.06. The normalized spacial score (nSPS) is 10.4. The van der Waals surface area contributed by atoms with Crippen molar-refractivity contribution < 1.29 is 19.1 Å². The standard InChI is InChI=1S/C19H24N2O4S/c1-3-4-5-6-11-20-17(22)12-25-19(23)16-13-26-18(21-16)14-7-9-15(24-2)10-8-14/h7-10,13H,3-6,11-12H2,1-2H3,(H,20,22). The van der Waals surface area contributed by atoms with E-state index < -0.39 is 5.97 Å². The van der Waals surface area contributed by atoms with Crippen LogP contribution in [0.15, 0.2) is 29.6 Å². The summed E-state index contributed by atoms with van der Waals surface area (Å²) in [6.07, 6.45) is 4.33. The van der Waals surface area contributed by atoms with Crippen LogP contribution in [0.25, 0.3) is 10.6 Å². The van der Waals surface area contributed by atoms with Crippen molar-refractivity contribution in [2.24, 2.45) is 0 Å². The van der Waals surface area contributed by atoms with Gasteiger partial charge in [-0.2, -0.15) is 0 Å². The van der Waals surface area contributed by atoms with E-state index in [1.807, 2.05) is 24.3 Å². The quantitative estimate of drug-likeness (QED) is 0.506. The highest BCUT2D eigenvalue weighted by Gasteiger charge is 2.15. The van der Waals surface area contributed by atoms with Crippen LogP contribution in [-0.4, -0.2) is 37.1 Å². The molecule has 1 aromatic heterocycles. The number of carbonyl (C=O) groups excluding carboxylic acids is 2. The summed E-state index contributed by atoms with van der Waals surface area (Å²) in [5.74, 6) is -0.131. The minimum atomic E-state index is -0.595. The number of rotatable bonds is 10. The lowest BCUT2D eigenvalue weighted by molar-refractivity contribution is -0.124. The van der Waals surface area contributed by atoms with Gasteiger partial charge >= 0.3 is 5.97 Å². The van der Waals surface area contributed by atoms with Crippen molar-refractivity contribution in [1.82, 2.24) is 10.3 Å². The minimum Gasteiger partial charge on any atom is -0.497 e. The molecule has 2 rings (SSSR count). The van der Waals surface area contributed by atoms with E-state index >= 15 is 0 Å². The molecular weight excluding hydrogens is 352 g/mol. The van der Waals surface area contributed by atoms with Gasteiger partial charge < -0.3 is 14.8 Å². The Bertz CT molecular complexity index is 713. The first-order valence-corrected chi connectivity index (χ1v) is 9.55. The summed E-state index contributed by atoms with van der Waals surface area (Å²) in [4.78, 5) is 28.0. The van der Waals surface area contributed by atoms with Crippen molar-refractivity contribution >= 4 is 23.2 Å². The van der Waals surface area contributed by atoms with Gasteiger partial charge in [0.1, 0.15) is 10.8 Å². The van der Waals surface area contributed by atoms with Crippen molar-refractivity contribution in [1.29, 1.82) is 0 Å². The smallest absolute Gasteiger partial charge is 0.358 e. The van der Waals surface area contributed by atoms with Crippen LogP contribution in [0, 0.1) is 0 Å². The third kappa shape index (κ3) is 6.15. The van der Waals surface area contributed by atoms with Crippen LogP contribution < -0.4 is 10.1 Å². The van der Waals surface area contributed by atoms with Crippen molar-refractivity contribution in [3.63, 3.8) is 0 Å². The van der Waals surface area contributed by atoms with Crippen LogP contribution in [0.1, 0.15) is 43.1 Å². The zero-order valence-corrected chi connectivity index (χ0v) is 15.9. The maximum Gasteiger partial charge on any atom is 0.358 e. The van der Waals surface area contributed by atoms with Gasteiger partial charge in [-0.1, -0.05) is 26.2 Å². The zero-order chi connectivity index (χ0) is 18.8. The predicted molar refractivity (Wildman–Crippen MR) is 102 cm³/mol. The summed E-state index contributed by atoms with van der Waals surface area (Å²) in [6, 6.07) is 7.41. The van der Waals surface area contributed by atoms with E-state index in [9.17, 15) is 9.59 Å². The number of unbranched alkanes of at least 4 members (excludes halogenated alkanes) is 3. The van der Waals surface area contributed by atoms with Crippen molar-refractivity contribution in [3.8, 4) is 16.3 Å². The monoisotopic (exact) mass is 376 g/mol. The highest BCUT2D eigenvalue weighted by Crippen LogP contribution is 2.25. The van der Waals surface area contributed by atoms with E-state index in [1.54, 1.807) is 12.5 Å². The van der Waals surface area contributed by atoms with Crippen LogP contribution in [0.2, 0.25) is 0 Å². The van der Waals surface area contributed by atoms with Crippen LogP contribution >= 0.6 is 11.3 Å². The number of ether oxygens (including phenoxy) is 2. The maximum atomic E-state index is 12.0. The third-order valence-electron chi connectivity index (χ3n) is 3.74. The van der Waals surface area contributed by atoms with Gasteiger partial charge in [0.2, 0.25) is 0 Å². The fourth-order valence-electron chi connectivity index (χ4n) is 2.27. The van der Waals surface area contributed by atoms with Gasteiger partial charge in [0.05, 0.1) is 7.11 Å². The molecule has 0 bridgehead atoms. The topological polar surface area (TPSA) is 77.5 Å². The number of carbonyl (C=O) groups is 2. The van der Waals surface area contributed by atoms with E-state index in [1.165, 1.54) is 11.3 Å². The second-order valence-electron chi connectivity index (χ2n) is 5.75. The molecule has 0 saturated heterocycles. The van der Waals surface area contributed by atoms with Crippen molar-refractivity contribution in [3.05, 3.63) is 35.3 Å². The molecule has 1 amide bonds. The second-order valence-corrected chi connectivity index (χ2v) is 6.61. The minimum absolute atomic E-state index is 0.205. The van der Waals surface area contributed by atoms with Gasteiger partial charge in [-0.3, -0.25) is 4.79 Å². The summed E-state index contributed by atoms with van der Waals surface area (Å²) in [6.45, 7) is 2.45. The molecule has 1 N–H and O–H groups in total. The van der Waals surface area contributed by atoms with Gasteiger partial charge in [0, 0.05) is 17.5 Å². The number of esters is 1. The lowest BCUT2D eigenvalue weighted by Crippen LogP contribution is -2.29. The fraction of sp³-hybridized carbons (Fsp3) is 0.421. The Hall–Kier alpha value is -2.41. The molecule has 0 unspecified atom stereocenters. The Kier molecular flexibility index (Phi) is 8.08. The molecule has 0 aliphatic carbocycles. The molecule has 1 heterocycles. The van der Waals surface area contributed by atoms with Gasteiger partial charge in [-0.15, -0.1) is 11.3 Å². The van der Waals surface area contributed by atoms with Gasteiger partial charge in [0.15, 0.2) is 12.3 Å². The van der Waals surface area contributed by atoms with E-state index in [2.05, 4.69) is 17.2 Å². The highest BCUT2D eigenvalue weighted by molar-refractivity contribution is 7.13. The molecule has 140 valence electrons. The molecule has 2 aromatic rings. The molecule has 0 atom stereocenters. The predicted octanol–water partition coefficient (Wildman–Crippen LogP) is 3.67. The third-order valence-corrected chi connectivity index (χ3v) is 4.63. The first kappa shape index (κ1) is 19.9. The zero-order valence-electron chi connectivity index (χ0n) is 15.1. The highest BCUT2D eigenvalue weighted by atomic mass is 32.1. The molecule has 7 heteroatoms. The van der Waals surface area contributed by atoms with Crippen LogP contribution in [0.5, 0.6) is 5.75 Å². The molecular formula is C19H24N2O4S. The van der Waals surface area contributed by atoms with Crippen molar-refractivity contribution in [2.45, 2.75) is 32.6 Å². The van der Waals surface area contributed by atoms with Crippen LogP contribution in [0.3, 0.4) is 0 Å². The molecule has 0 fully saturated rings. The Balaban J connectivity index is 1.79. The lowest BCUT2D eigenvalue weighted by Gasteiger charge is -2.05. The number of nitrogens with zero attached hydrogens (tertiary/aromatic N) is 1. The summed E-state index contributed by atoms with van der Waals surface area (Å²) in [5.41, 5.74) is 1.09. The van der Waals surface area contributed by atoms with Crippen molar-refractivity contribution in [2.75, 3.05) is 20.3 Å². The number of hydrogen-bond donors (Lipinski definition) is 1. The number of amides is 1. The van der Waals surface area contributed by atoms with Crippen LogP contribution in [-0.2, 0) is 9.53 Å². The molecule has 0 spiro atoms. The first-order valence-electron chi connectivity index (χ1n) is 8.67. The molecule has 0 aliphatic rings. The first-order chi connectivity index (χ1) is 12.6. The van der Waals surface area contributed by atoms with E-state index in [4.69, 9.17) is 9.47 Å².